The van der Waals surface area contributed by atoms with E-state index in [1.807, 2.05) is 0 Å². The molecule has 0 aliphatic rings. The zero-order chi connectivity index (χ0) is 27.2. The van der Waals surface area contributed by atoms with Crippen molar-refractivity contribution in [1.82, 2.24) is 14.5 Å². The van der Waals surface area contributed by atoms with E-state index in [4.69, 9.17) is 19.9 Å². The Morgan fingerprint density at radius 3 is 2.24 bits per heavy atom. The molecule has 38 heavy (non-hydrogen) atoms. The van der Waals surface area contributed by atoms with Crippen LogP contribution >= 0.6 is 11.3 Å². The van der Waals surface area contributed by atoms with Gasteiger partial charge in [-0.3, -0.25) is 9.36 Å². The molecule has 0 fully saturated rings. The molecule has 0 saturated carbocycles. The van der Waals surface area contributed by atoms with Crippen LogP contribution in [0.15, 0.2) is 65.5 Å². The molecule has 4 aromatic rings. The van der Waals surface area contributed by atoms with Gasteiger partial charge in [-0.05, 0) is 31.2 Å². The number of hydrogen-bond donors (Lipinski definition) is 3. The van der Waals surface area contributed by atoms with Crippen molar-refractivity contribution in [2.45, 2.75) is 25.4 Å². The van der Waals surface area contributed by atoms with Crippen molar-refractivity contribution in [3.8, 4) is 5.88 Å². The zero-order valence-electron chi connectivity index (χ0n) is 20.1. The molecule has 2 aromatic heterocycles. The number of aliphatic hydroxyl groups excluding tert-OH is 1. The molecule has 13 heteroatoms. The number of benzene rings is 2. The molecule has 2 aromatic carbocycles. The van der Waals surface area contributed by atoms with E-state index in [1.165, 1.54) is 6.92 Å². The van der Waals surface area contributed by atoms with Crippen molar-refractivity contribution in [2.24, 2.45) is 0 Å². The summed E-state index contributed by atoms with van der Waals surface area (Å²) in [5.74, 6) is -2.13. The van der Waals surface area contributed by atoms with Crippen LogP contribution in [0.4, 0.5) is 5.95 Å². The van der Waals surface area contributed by atoms with E-state index in [0.29, 0.717) is 16.9 Å². The first-order chi connectivity index (χ1) is 18.3. The topological polar surface area (TPSA) is 176 Å². The maximum absolute atomic E-state index is 13.0. The number of hydrogen-bond acceptors (Lipinski definition) is 12. The molecule has 0 spiro atoms. The number of carbonyl (C=O) groups is 2. The monoisotopic (exact) mass is 540 g/mol. The average Bonchev–Trinajstić information content (AvgIpc) is 3.25. The van der Waals surface area contributed by atoms with E-state index in [9.17, 15) is 24.6 Å². The Labute approximate surface area is 219 Å². The Balaban J connectivity index is 1.64. The van der Waals surface area contributed by atoms with Crippen LogP contribution in [0.1, 0.15) is 33.9 Å². The molecule has 2 heterocycles. The lowest BCUT2D eigenvalue weighted by molar-refractivity contribution is -0.138. The number of nitrogens with zero attached hydrogens (tertiary/aromatic N) is 3. The highest BCUT2D eigenvalue weighted by molar-refractivity contribution is 7.16. The molecule has 4 N–H and O–H groups in total. The predicted molar refractivity (Wildman–Crippen MR) is 137 cm³/mol. The van der Waals surface area contributed by atoms with Gasteiger partial charge >= 0.3 is 16.8 Å². The summed E-state index contributed by atoms with van der Waals surface area (Å²) in [5, 5.41) is 20.2. The van der Waals surface area contributed by atoms with Crippen LogP contribution < -0.4 is 10.6 Å². The lowest BCUT2D eigenvalue weighted by atomic mass is 10.2. The van der Waals surface area contributed by atoms with Crippen molar-refractivity contribution in [3.05, 3.63) is 81.5 Å². The fourth-order valence-electron chi connectivity index (χ4n) is 3.55. The minimum atomic E-state index is -1.36. The third-order valence-corrected chi connectivity index (χ3v) is 6.31. The van der Waals surface area contributed by atoms with E-state index in [1.54, 1.807) is 60.7 Å². The minimum Gasteiger partial charge on any atom is -0.492 e. The molecular weight excluding hydrogens is 516 g/mol. The van der Waals surface area contributed by atoms with Crippen LogP contribution in [-0.4, -0.2) is 62.1 Å². The number of nitrogen functional groups attached to an aromatic ring is 1. The standard InChI is InChI=1S/C25H24N4O8S/c1-14(36-23(33)16-10-6-3-7-11-16)21(29-19-18(38-25(29)34)20(31)28-24(26)27-19)37-17(12-30)13-35-22(32)15-8-4-2-5-9-15/h2-11,14,17,21,30H,12-13H2,1H3,(H3,26,27,28,31)/t14-,17+,21-/m1/s1. The lowest BCUT2D eigenvalue weighted by Crippen LogP contribution is -2.38. The summed E-state index contributed by atoms with van der Waals surface area (Å²) in [6, 6.07) is 16.4. The number of nitrogens with two attached hydrogens (primary N) is 1. The Morgan fingerprint density at radius 2 is 1.63 bits per heavy atom. The molecule has 0 unspecified atom stereocenters. The van der Waals surface area contributed by atoms with Gasteiger partial charge < -0.3 is 30.2 Å². The number of rotatable bonds is 10. The SMILES string of the molecule is C[C@@H](OC(=O)c1ccccc1)[C@@H](O[C@@H](CO)COC(=O)c1ccccc1)n1c(=O)sc2c(O)nc(N)nc21. The van der Waals surface area contributed by atoms with Gasteiger partial charge in [0.05, 0.1) is 17.7 Å². The maximum Gasteiger partial charge on any atom is 0.338 e. The molecule has 0 aliphatic heterocycles. The number of anilines is 1. The molecule has 0 amide bonds. The first-order valence-electron chi connectivity index (χ1n) is 11.4. The number of aliphatic hydroxyl groups is 1. The fourth-order valence-corrected chi connectivity index (χ4v) is 4.39. The second-order valence-electron chi connectivity index (χ2n) is 8.07. The predicted octanol–water partition coefficient (Wildman–Crippen LogP) is 2.12. The van der Waals surface area contributed by atoms with Gasteiger partial charge in [0, 0.05) is 0 Å². The van der Waals surface area contributed by atoms with Crippen molar-refractivity contribution in [2.75, 3.05) is 18.9 Å². The molecule has 198 valence electrons. The van der Waals surface area contributed by atoms with Crippen molar-refractivity contribution >= 4 is 39.6 Å². The molecule has 0 aliphatic carbocycles. The number of esters is 2. The Morgan fingerprint density at radius 1 is 1.03 bits per heavy atom. The quantitative estimate of drug-likeness (QED) is 0.251. The summed E-state index contributed by atoms with van der Waals surface area (Å²) in [6.07, 6.45) is -3.60. The fraction of sp³-hybridized carbons (Fsp3) is 0.240. The molecule has 4 rings (SSSR count). The first kappa shape index (κ1) is 26.7. The van der Waals surface area contributed by atoms with Crippen LogP contribution in [-0.2, 0) is 14.2 Å². The van der Waals surface area contributed by atoms with Gasteiger partial charge in [-0.15, -0.1) is 0 Å². The van der Waals surface area contributed by atoms with Gasteiger partial charge in [-0.1, -0.05) is 47.7 Å². The Hall–Kier alpha value is -4.33. The summed E-state index contributed by atoms with van der Waals surface area (Å²) in [7, 11) is 0. The van der Waals surface area contributed by atoms with Crippen LogP contribution in [0.3, 0.4) is 0 Å². The Kier molecular flexibility index (Phi) is 8.31. The average molecular weight is 541 g/mol. The van der Waals surface area contributed by atoms with Crippen LogP contribution in [0.2, 0.25) is 0 Å². The largest absolute Gasteiger partial charge is 0.492 e. The number of thiazole rings is 1. The number of fused-ring (bicyclic) bond motifs is 1. The number of aromatic nitrogens is 3. The smallest absolute Gasteiger partial charge is 0.338 e. The lowest BCUT2D eigenvalue weighted by Gasteiger charge is -2.28. The number of carbonyl (C=O) groups excluding carboxylic acids is 2. The normalized spacial score (nSPS) is 13.5. The van der Waals surface area contributed by atoms with Gasteiger partial charge in [-0.2, -0.15) is 9.97 Å². The zero-order valence-corrected chi connectivity index (χ0v) is 20.9. The van der Waals surface area contributed by atoms with E-state index in [2.05, 4.69) is 9.97 Å². The molecular formula is C25H24N4O8S. The van der Waals surface area contributed by atoms with Crippen molar-refractivity contribution in [1.29, 1.82) is 0 Å². The van der Waals surface area contributed by atoms with Gasteiger partial charge in [-0.25, -0.2) is 9.59 Å². The van der Waals surface area contributed by atoms with E-state index < -0.39 is 47.7 Å². The third kappa shape index (κ3) is 5.96. The highest BCUT2D eigenvalue weighted by Gasteiger charge is 2.32. The first-order valence-corrected chi connectivity index (χ1v) is 12.2. The number of ether oxygens (including phenoxy) is 3. The summed E-state index contributed by atoms with van der Waals surface area (Å²) >= 11 is 0.634. The Bertz CT molecular complexity index is 1480. The third-order valence-electron chi connectivity index (χ3n) is 5.37. The molecule has 12 nitrogen and oxygen atoms in total. The van der Waals surface area contributed by atoms with E-state index in [0.717, 1.165) is 4.57 Å². The molecule has 3 atom stereocenters. The highest BCUT2D eigenvalue weighted by atomic mass is 32.1. The van der Waals surface area contributed by atoms with E-state index >= 15 is 0 Å². The van der Waals surface area contributed by atoms with Gasteiger partial charge in [0.25, 0.3) is 0 Å². The summed E-state index contributed by atoms with van der Waals surface area (Å²) in [4.78, 5) is 45.2. The summed E-state index contributed by atoms with van der Waals surface area (Å²) in [5.41, 5.74) is 6.19. The van der Waals surface area contributed by atoms with Crippen molar-refractivity contribution < 1.29 is 34.0 Å². The molecule has 0 bridgehead atoms. The van der Waals surface area contributed by atoms with Crippen LogP contribution in [0.5, 0.6) is 5.88 Å². The van der Waals surface area contributed by atoms with Crippen molar-refractivity contribution in [3.63, 3.8) is 0 Å². The van der Waals surface area contributed by atoms with Crippen LogP contribution in [0, 0.1) is 0 Å². The number of aromatic hydroxyl groups is 1. The highest BCUT2D eigenvalue weighted by Crippen LogP contribution is 2.30. The minimum absolute atomic E-state index is 0.0374. The second-order valence-corrected chi connectivity index (χ2v) is 9.03. The van der Waals surface area contributed by atoms with Gasteiger partial charge in [0.2, 0.25) is 11.8 Å². The molecule has 0 radical (unpaired) electrons. The van der Waals surface area contributed by atoms with Gasteiger partial charge in [0.1, 0.15) is 23.5 Å². The van der Waals surface area contributed by atoms with E-state index in [-0.39, 0.29) is 28.5 Å². The second kappa shape index (κ2) is 11.8. The summed E-state index contributed by atoms with van der Waals surface area (Å²) in [6.45, 7) is 0.507. The maximum atomic E-state index is 13.0. The van der Waals surface area contributed by atoms with Crippen LogP contribution in [0.25, 0.3) is 10.3 Å². The van der Waals surface area contributed by atoms with Gasteiger partial charge in [0.15, 0.2) is 11.9 Å². The summed E-state index contributed by atoms with van der Waals surface area (Å²) < 4.78 is 17.9. The molecule has 0 saturated heterocycles.